The Hall–Kier alpha value is -0.330. The van der Waals surface area contributed by atoms with E-state index >= 15 is 0 Å². The first kappa shape index (κ1) is 12.7. The summed E-state index contributed by atoms with van der Waals surface area (Å²) in [5.41, 5.74) is 0. The standard InChI is InChI=1S/C12H24O/c1-3-5-6-7-8-9-10-11-12(13)4-2/h3-11H2,1-2H3. The Labute approximate surface area is 82.9 Å². The van der Waals surface area contributed by atoms with E-state index in [1.54, 1.807) is 0 Å². The molecule has 13 heavy (non-hydrogen) atoms. The summed E-state index contributed by atoms with van der Waals surface area (Å²) in [5.74, 6) is 0.425. The van der Waals surface area contributed by atoms with E-state index in [1.807, 2.05) is 6.92 Å². The Bertz CT molecular complexity index is 118. The number of carbonyl (C=O) groups is 1. The maximum Gasteiger partial charge on any atom is 0.132 e. The molecule has 0 amide bonds. The predicted molar refractivity (Wildman–Crippen MR) is 57.9 cm³/mol. The van der Waals surface area contributed by atoms with Gasteiger partial charge in [0.15, 0.2) is 0 Å². The fraction of sp³-hybridized carbons (Fsp3) is 0.917. The van der Waals surface area contributed by atoms with Crippen molar-refractivity contribution in [3.63, 3.8) is 0 Å². The van der Waals surface area contributed by atoms with Crippen LogP contribution in [0.25, 0.3) is 0 Å². The fourth-order valence-corrected chi connectivity index (χ4v) is 1.46. The van der Waals surface area contributed by atoms with Crippen molar-refractivity contribution >= 4 is 5.78 Å². The van der Waals surface area contributed by atoms with Crippen LogP contribution in [0.5, 0.6) is 0 Å². The molecule has 78 valence electrons. The highest BCUT2D eigenvalue weighted by Gasteiger charge is 1.97. The third-order valence-corrected chi connectivity index (χ3v) is 2.45. The minimum atomic E-state index is 0.425. The molecular formula is C12H24O. The molecule has 0 aliphatic rings. The molecule has 1 nitrogen and oxygen atoms in total. The number of hydrogen-bond acceptors (Lipinski definition) is 1. The monoisotopic (exact) mass is 184 g/mol. The zero-order valence-corrected chi connectivity index (χ0v) is 9.27. The summed E-state index contributed by atoms with van der Waals surface area (Å²) in [5, 5.41) is 0. The molecule has 0 rings (SSSR count). The number of unbranched alkanes of at least 4 members (excludes halogenated alkanes) is 6. The SMILES string of the molecule is CCCCCCCCCC(=O)CC. The molecule has 0 aliphatic heterocycles. The lowest BCUT2D eigenvalue weighted by atomic mass is 10.1. The van der Waals surface area contributed by atoms with Gasteiger partial charge < -0.3 is 0 Å². The normalized spacial score (nSPS) is 10.3. The van der Waals surface area contributed by atoms with Crippen molar-refractivity contribution in [2.24, 2.45) is 0 Å². The summed E-state index contributed by atoms with van der Waals surface area (Å²) >= 11 is 0. The molecule has 0 saturated heterocycles. The Morgan fingerprint density at radius 3 is 1.92 bits per heavy atom. The van der Waals surface area contributed by atoms with Crippen molar-refractivity contribution < 1.29 is 4.79 Å². The van der Waals surface area contributed by atoms with E-state index in [0.29, 0.717) is 5.78 Å². The molecule has 0 atom stereocenters. The maximum atomic E-state index is 10.9. The topological polar surface area (TPSA) is 17.1 Å². The largest absolute Gasteiger partial charge is 0.300 e. The third-order valence-electron chi connectivity index (χ3n) is 2.45. The van der Waals surface area contributed by atoms with Gasteiger partial charge in [0.2, 0.25) is 0 Å². The van der Waals surface area contributed by atoms with Crippen molar-refractivity contribution in [3.8, 4) is 0 Å². The van der Waals surface area contributed by atoms with Crippen LogP contribution in [0.1, 0.15) is 71.6 Å². The van der Waals surface area contributed by atoms with Crippen molar-refractivity contribution in [3.05, 3.63) is 0 Å². The first-order valence-electron chi connectivity index (χ1n) is 5.83. The van der Waals surface area contributed by atoms with E-state index in [9.17, 15) is 4.79 Å². The molecule has 0 aromatic rings. The molecule has 0 aliphatic carbocycles. The van der Waals surface area contributed by atoms with Gasteiger partial charge in [-0.2, -0.15) is 0 Å². The van der Waals surface area contributed by atoms with Gasteiger partial charge in [-0.05, 0) is 6.42 Å². The number of Topliss-reactive ketones (excluding diaryl/α,β-unsaturated/α-hetero) is 1. The highest BCUT2D eigenvalue weighted by Crippen LogP contribution is 2.08. The molecule has 0 N–H and O–H groups in total. The molecule has 0 radical (unpaired) electrons. The number of ketones is 1. The molecule has 0 saturated carbocycles. The van der Waals surface area contributed by atoms with E-state index in [4.69, 9.17) is 0 Å². The minimum absolute atomic E-state index is 0.425. The molecular weight excluding hydrogens is 160 g/mol. The van der Waals surface area contributed by atoms with Gasteiger partial charge in [0.1, 0.15) is 5.78 Å². The van der Waals surface area contributed by atoms with Crippen LogP contribution >= 0.6 is 0 Å². The van der Waals surface area contributed by atoms with Crippen LogP contribution in [-0.2, 0) is 4.79 Å². The smallest absolute Gasteiger partial charge is 0.132 e. The van der Waals surface area contributed by atoms with Crippen LogP contribution in [0.4, 0.5) is 0 Å². The highest BCUT2D eigenvalue weighted by molar-refractivity contribution is 5.77. The van der Waals surface area contributed by atoms with E-state index in [-0.39, 0.29) is 0 Å². The zero-order valence-electron chi connectivity index (χ0n) is 9.27. The lowest BCUT2D eigenvalue weighted by Crippen LogP contribution is -1.94. The molecule has 0 heterocycles. The van der Waals surface area contributed by atoms with Gasteiger partial charge in [0, 0.05) is 12.8 Å². The van der Waals surface area contributed by atoms with Crippen molar-refractivity contribution in [2.45, 2.75) is 71.6 Å². The maximum absolute atomic E-state index is 10.9. The number of rotatable bonds is 9. The van der Waals surface area contributed by atoms with Gasteiger partial charge >= 0.3 is 0 Å². The molecule has 0 unspecified atom stereocenters. The average molecular weight is 184 g/mol. The number of carbonyl (C=O) groups excluding carboxylic acids is 1. The van der Waals surface area contributed by atoms with Gasteiger partial charge in [-0.15, -0.1) is 0 Å². The van der Waals surface area contributed by atoms with Crippen LogP contribution in [0.2, 0.25) is 0 Å². The van der Waals surface area contributed by atoms with Gasteiger partial charge in [0.25, 0.3) is 0 Å². The lowest BCUT2D eigenvalue weighted by Gasteiger charge is -1.99. The fourth-order valence-electron chi connectivity index (χ4n) is 1.46. The molecule has 0 aromatic carbocycles. The van der Waals surface area contributed by atoms with Gasteiger partial charge in [0.05, 0.1) is 0 Å². The molecule has 0 fully saturated rings. The predicted octanol–water partition coefficient (Wildman–Crippen LogP) is 4.11. The summed E-state index contributed by atoms with van der Waals surface area (Å²) in [6.07, 6.45) is 10.6. The van der Waals surface area contributed by atoms with Gasteiger partial charge in [-0.3, -0.25) is 4.79 Å². The Morgan fingerprint density at radius 2 is 1.38 bits per heavy atom. The van der Waals surface area contributed by atoms with Crippen LogP contribution in [-0.4, -0.2) is 5.78 Å². The summed E-state index contributed by atoms with van der Waals surface area (Å²) in [6, 6.07) is 0. The highest BCUT2D eigenvalue weighted by atomic mass is 16.1. The van der Waals surface area contributed by atoms with Crippen LogP contribution in [0.15, 0.2) is 0 Å². The van der Waals surface area contributed by atoms with Crippen molar-refractivity contribution in [2.75, 3.05) is 0 Å². The first-order valence-corrected chi connectivity index (χ1v) is 5.83. The Balaban J connectivity index is 2.95. The Morgan fingerprint density at radius 1 is 0.846 bits per heavy atom. The van der Waals surface area contributed by atoms with Crippen LogP contribution in [0.3, 0.4) is 0 Å². The van der Waals surface area contributed by atoms with Crippen molar-refractivity contribution in [1.29, 1.82) is 0 Å². The van der Waals surface area contributed by atoms with E-state index in [1.165, 1.54) is 38.5 Å². The second-order valence-corrected chi connectivity index (χ2v) is 3.76. The second kappa shape index (κ2) is 9.76. The Kier molecular flexibility index (Phi) is 9.51. The molecule has 0 bridgehead atoms. The summed E-state index contributed by atoms with van der Waals surface area (Å²) in [6.45, 7) is 4.18. The molecule has 0 aromatic heterocycles. The third kappa shape index (κ3) is 9.59. The number of hydrogen-bond donors (Lipinski definition) is 0. The van der Waals surface area contributed by atoms with Crippen LogP contribution < -0.4 is 0 Å². The summed E-state index contributed by atoms with van der Waals surface area (Å²) < 4.78 is 0. The van der Waals surface area contributed by atoms with E-state index < -0.39 is 0 Å². The zero-order chi connectivity index (χ0) is 9.94. The van der Waals surface area contributed by atoms with Crippen LogP contribution in [0, 0.1) is 0 Å². The average Bonchev–Trinajstić information content (AvgIpc) is 2.16. The van der Waals surface area contributed by atoms with E-state index in [2.05, 4.69) is 6.92 Å². The molecule has 0 spiro atoms. The summed E-state index contributed by atoms with van der Waals surface area (Å²) in [4.78, 5) is 10.9. The van der Waals surface area contributed by atoms with Crippen molar-refractivity contribution in [1.82, 2.24) is 0 Å². The van der Waals surface area contributed by atoms with Gasteiger partial charge in [-0.25, -0.2) is 0 Å². The second-order valence-electron chi connectivity index (χ2n) is 3.76. The summed E-state index contributed by atoms with van der Waals surface area (Å²) in [7, 11) is 0. The molecule has 1 heteroatoms. The minimum Gasteiger partial charge on any atom is -0.300 e. The first-order chi connectivity index (χ1) is 6.31. The van der Waals surface area contributed by atoms with E-state index in [0.717, 1.165) is 19.3 Å². The lowest BCUT2D eigenvalue weighted by molar-refractivity contribution is -0.118. The van der Waals surface area contributed by atoms with Gasteiger partial charge in [-0.1, -0.05) is 52.4 Å². The quantitative estimate of drug-likeness (QED) is 0.493.